The van der Waals surface area contributed by atoms with Gasteiger partial charge in [-0.1, -0.05) is 0 Å². The zero-order chi connectivity index (χ0) is 18.6. The minimum absolute atomic E-state index is 0.671. The molecule has 0 fully saturated rings. The van der Waals surface area contributed by atoms with Gasteiger partial charge in [-0.25, -0.2) is 9.59 Å². The third-order valence-electron chi connectivity index (χ3n) is 2.95. The Kier molecular flexibility index (Phi) is 6.36. The molecule has 0 aliphatic carbocycles. The van der Waals surface area contributed by atoms with Crippen molar-refractivity contribution in [2.45, 2.75) is 24.4 Å². The molecule has 4 atom stereocenters. The molecule has 2 aliphatic heterocycles. The highest BCUT2D eigenvalue weighted by Gasteiger charge is 2.39. The highest BCUT2D eigenvalue weighted by atomic mass is 16.6. The van der Waals surface area contributed by atoms with Crippen molar-refractivity contribution < 1.29 is 59.9 Å². The van der Waals surface area contributed by atoms with Crippen molar-refractivity contribution in [2.24, 2.45) is 0 Å². The Labute approximate surface area is 133 Å². The molecule has 0 aromatic rings. The smallest absolute Gasteiger partial charge is 0.377 e. The molecule has 0 unspecified atom stereocenters. The zero-order valence-corrected chi connectivity index (χ0v) is 11.9. The van der Waals surface area contributed by atoms with Crippen LogP contribution in [0.15, 0.2) is 23.0 Å². The summed E-state index contributed by atoms with van der Waals surface area (Å²) in [4.78, 5) is 21.1. The van der Waals surface area contributed by atoms with Crippen molar-refractivity contribution in [3.05, 3.63) is 23.0 Å². The molecule has 0 amide bonds. The largest absolute Gasteiger partial charge is 0.505 e. The van der Waals surface area contributed by atoms with Crippen LogP contribution in [0.4, 0.5) is 0 Å². The Bertz CT molecular complexity index is 514. The molecule has 2 heterocycles. The summed E-state index contributed by atoms with van der Waals surface area (Å²) >= 11 is 0. The van der Waals surface area contributed by atoms with Gasteiger partial charge in [0.25, 0.3) is 0 Å². The molecule has 2 rings (SSSR count). The third-order valence-corrected chi connectivity index (χ3v) is 2.95. The molecule has 8 N–H and O–H groups in total. The van der Waals surface area contributed by atoms with Gasteiger partial charge in [-0.15, -0.1) is 0 Å². The number of carbonyl (C=O) groups excluding carboxylic acids is 2. The fourth-order valence-electron chi connectivity index (χ4n) is 1.65. The number of aliphatic hydroxyl groups is 8. The molecule has 0 aromatic carbocycles. The minimum Gasteiger partial charge on any atom is -0.505 e. The van der Waals surface area contributed by atoms with E-state index in [1.807, 2.05) is 0 Å². The molecular formula is C12H16O12. The van der Waals surface area contributed by atoms with E-state index < -0.39 is 72.6 Å². The van der Waals surface area contributed by atoms with Crippen LogP contribution >= 0.6 is 0 Å². The molecule has 0 aromatic heterocycles. The topological polar surface area (TPSA) is 214 Å². The van der Waals surface area contributed by atoms with Gasteiger partial charge in [0.05, 0.1) is 13.2 Å². The third kappa shape index (κ3) is 3.86. The molecule has 0 bridgehead atoms. The number of cyclic esters (lactones) is 2. The lowest BCUT2D eigenvalue weighted by molar-refractivity contribution is -0.148. The van der Waals surface area contributed by atoms with E-state index in [1.165, 1.54) is 0 Å². The van der Waals surface area contributed by atoms with Crippen molar-refractivity contribution in [1.82, 2.24) is 0 Å². The van der Waals surface area contributed by atoms with Crippen molar-refractivity contribution in [1.29, 1.82) is 0 Å². The molecule has 0 saturated heterocycles. The van der Waals surface area contributed by atoms with Crippen molar-refractivity contribution >= 4 is 11.9 Å². The molecule has 24 heavy (non-hydrogen) atoms. The second-order valence-corrected chi connectivity index (χ2v) is 4.62. The van der Waals surface area contributed by atoms with Crippen molar-refractivity contribution in [2.75, 3.05) is 13.2 Å². The fourth-order valence-corrected chi connectivity index (χ4v) is 1.65. The first kappa shape index (κ1) is 19.5. The lowest BCUT2D eigenvalue weighted by atomic mass is 10.2. The normalized spacial score (nSPS) is 25.8. The number of hydrogen-bond acceptors (Lipinski definition) is 12. The van der Waals surface area contributed by atoms with Crippen LogP contribution in [-0.2, 0) is 19.1 Å². The van der Waals surface area contributed by atoms with Crippen molar-refractivity contribution in [3.8, 4) is 0 Å². The molecule has 0 radical (unpaired) electrons. The van der Waals surface area contributed by atoms with E-state index in [-0.39, 0.29) is 0 Å². The molecular weight excluding hydrogens is 336 g/mol. The van der Waals surface area contributed by atoms with Crippen LogP contribution in [0.3, 0.4) is 0 Å². The highest BCUT2D eigenvalue weighted by Crippen LogP contribution is 2.21. The van der Waals surface area contributed by atoms with E-state index in [0.717, 1.165) is 0 Å². The number of rotatable bonds is 4. The fraction of sp³-hybridized carbons (Fsp3) is 0.500. The van der Waals surface area contributed by atoms with Crippen LogP contribution in [0.1, 0.15) is 0 Å². The van der Waals surface area contributed by atoms with Crippen LogP contribution in [0.2, 0.25) is 0 Å². The first-order valence-corrected chi connectivity index (χ1v) is 6.39. The first-order valence-electron chi connectivity index (χ1n) is 6.39. The summed E-state index contributed by atoms with van der Waals surface area (Å²) < 4.78 is 8.63. The summed E-state index contributed by atoms with van der Waals surface area (Å²) in [6.07, 6.45) is -5.55. The van der Waals surface area contributed by atoms with Gasteiger partial charge in [0.2, 0.25) is 11.5 Å². The summed E-state index contributed by atoms with van der Waals surface area (Å²) in [7, 11) is 0. The standard InChI is InChI=1S/2C6H8O6/c2*7-1-2(8)5-3(9)4(10)6(11)12-5/h2*2,5,7-10H,1H2/t2-,5+;2-,5-/m01/s1. The summed E-state index contributed by atoms with van der Waals surface area (Å²) in [5.41, 5.74) is 0. The SMILES string of the molecule is O=C1O[C@H]([C@@H](O)CO)C(O)=C1O.O=C1O[C@H]([C@H](O)CO)C(O)=C1O. The predicted octanol–water partition coefficient (Wildman–Crippen LogP) is -2.81. The minimum atomic E-state index is -1.42. The Hall–Kier alpha value is -2.54. The number of esters is 2. The van der Waals surface area contributed by atoms with E-state index in [2.05, 4.69) is 9.47 Å². The first-order chi connectivity index (χ1) is 11.1. The van der Waals surface area contributed by atoms with Gasteiger partial charge in [0.15, 0.2) is 23.7 Å². The van der Waals surface area contributed by atoms with E-state index >= 15 is 0 Å². The van der Waals surface area contributed by atoms with Gasteiger partial charge in [-0.3, -0.25) is 0 Å². The maximum atomic E-state index is 10.5. The predicted molar refractivity (Wildman–Crippen MR) is 70.5 cm³/mol. The summed E-state index contributed by atoms with van der Waals surface area (Å²) in [6, 6.07) is 0. The van der Waals surface area contributed by atoms with E-state index in [4.69, 9.17) is 40.9 Å². The Morgan fingerprint density at radius 1 is 0.750 bits per heavy atom. The summed E-state index contributed by atoms with van der Waals surface area (Å²) in [5, 5.41) is 70.1. The lowest BCUT2D eigenvalue weighted by Crippen LogP contribution is -2.31. The molecule has 12 heteroatoms. The average molecular weight is 352 g/mol. The number of aliphatic hydroxyl groups excluding tert-OH is 8. The zero-order valence-electron chi connectivity index (χ0n) is 11.9. The lowest BCUT2D eigenvalue weighted by Gasteiger charge is -2.13. The Morgan fingerprint density at radius 3 is 1.21 bits per heavy atom. The number of carbonyl (C=O) groups is 2. The van der Waals surface area contributed by atoms with E-state index in [9.17, 15) is 9.59 Å². The van der Waals surface area contributed by atoms with Gasteiger partial charge in [0, 0.05) is 0 Å². The quantitative estimate of drug-likeness (QED) is 0.241. The van der Waals surface area contributed by atoms with Crippen LogP contribution < -0.4 is 0 Å². The van der Waals surface area contributed by atoms with Gasteiger partial charge in [-0.05, 0) is 0 Å². The maximum absolute atomic E-state index is 10.5. The summed E-state index contributed by atoms with van der Waals surface area (Å²) in [6.45, 7) is -1.34. The van der Waals surface area contributed by atoms with Crippen LogP contribution in [0.25, 0.3) is 0 Å². The maximum Gasteiger partial charge on any atom is 0.377 e. The monoisotopic (exact) mass is 352 g/mol. The van der Waals surface area contributed by atoms with Gasteiger partial charge < -0.3 is 50.3 Å². The molecule has 12 nitrogen and oxygen atoms in total. The van der Waals surface area contributed by atoms with Crippen LogP contribution in [-0.4, -0.2) is 90.4 Å². The highest BCUT2D eigenvalue weighted by molar-refractivity contribution is 5.89. The Morgan fingerprint density at radius 2 is 1.04 bits per heavy atom. The average Bonchev–Trinajstić information content (AvgIpc) is 2.98. The van der Waals surface area contributed by atoms with Crippen LogP contribution in [0, 0.1) is 0 Å². The van der Waals surface area contributed by atoms with Gasteiger partial charge in [0.1, 0.15) is 12.2 Å². The van der Waals surface area contributed by atoms with Crippen molar-refractivity contribution in [3.63, 3.8) is 0 Å². The summed E-state index contributed by atoms with van der Waals surface area (Å²) in [5.74, 6) is -5.56. The second kappa shape index (κ2) is 7.83. The van der Waals surface area contributed by atoms with E-state index in [0.29, 0.717) is 0 Å². The second-order valence-electron chi connectivity index (χ2n) is 4.62. The van der Waals surface area contributed by atoms with Gasteiger partial charge in [-0.2, -0.15) is 0 Å². The molecule has 136 valence electrons. The number of hydrogen-bond donors (Lipinski definition) is 8. The number of ether oxygens (including phenoxy) is 2. The van der Waals surface area contributed by atoms with Crippen LogP contribution in [0.5, 0.6) is 0 Å². The Balaban J connectivity index is 0.000000240. The molecule has 0 spiro atoms. The molecule has 0 saturated carbocycles. The molecule has 2 aliphatic rings. The van der Waals surface area contributed by atoms with E-state index in [1.54, 1.807) is 0 Å². The van der Waals surface area contributed by atoms with Gasteiger partial charge >= 0.3 is 11.9 Å².